The van der Waals surface area contributed by atoms with Crippen LogP contribution in [0.25, 0.3) is 0 Å². The number of benzene rings is 2. The largest absolute Gasteiger partial charge is 0.416 e. The van der Waals surface area contributed by atoms with E-state index in [-0.39, 0.29) is 29.6 Å². The fourth-order valence-electron chi connectivity index (χ4n) is 3.20. The minimum absolute atomic E-state index is 0. The summed E-state index contributed by atoms with van der Waals surface area (Å²) in [6, 6.07) is 10.5. The second kappa shape index (κ2) is 8.84. The minimum atomic E-state index is -4.50. The van der Waals surface area contributed by atoms with Crippen LogP contribution in [0, 0.1) is 0 Å². The van der Waals surface area contributed by atoms with Gasteiger partial charge < -0.3 is 16.4 Å². The highest BCUT2D eigenvalue weighted by molar-refractivity contribution is 6.06. The summed E-state index contributed by atoms with van der Waals surface area (Å²) < 4.78 is 38.4. The van der Waals surface area contributed by atoms with Gasteiger partial charge in [-0.25, -0.2) is 0 Å². The second-order valence-corrected chi connectivity index (χ2v) is 6.93. The van der Waals surface area contributed by atoms with E-state index in [9.17, 15) is 22.8 Å². The summed E-state index contributed by atoms with van der Waals surface area (Å²) in [7, 11) is 0. The number of carbonyl (C=O) groups is 2. The lowest BCUT2D eigenvalue weighted by Crippen LogP contribution is -2.48. The highest BCUT2D eigenvalue weighted by Gasteiger charge is 2.37. The molecule has 0 spiro atoms. The average molecular weight is 428 g/mol. The molecule has 0 atom stereocenters. The van der Waals surface area contributed by atoms with Crippen LogP contribution in [-0.2, 0) is 11.0 Å². The molecule has 0 radical (unpaired) electrons. The van der Waals surface area contributed by atoms with E-state index >= 15 is 0 Å². The molecule has 3 rings (SSSR count). The maximum atomic E-state index is 12.8. The van der Waals surface area contributed by atoms with Crippen LogP contribution in [0.15, 0.2) is 48.5 Å². The Bertz CT molecular complexity index is 897. The molecule has 0 bridgehead atoms. The lowest BCUT2D eigenvalue weighted by atomic mass is 9.98. The first kappa shape index (κ1) is 22.7. The first-order valence-corrected chi connectivity index (χ1v) is 8.86. The molecule has 0 aromatic heterocycles. The molecule has 2 aromatic carbocycles. The number of nitrogens with one attached hydrogen (secondary N) is 2. The van der Waals surface area contributed by atoms with Crippen LogP contribution in [-0.4, -0.2) is 17.4 Å². The van der Waals surface area contributed by atoms with Crippen LogP contribution >= 0.6 is 12.4 Å². The van der Waals surface area contributed by atoms with Crippen LogP contribution in [0.5, 0.6) is 0 Å². The van der Waals surface area contributed by atoms with E-state index in [0.717, 1.165) is 25.0 Å². The quantitative estimate of drug-likeness (QED) is 0.667. The number of alkyl halides is 3. The molecular weight excluding hydrogens is 407 g/mol. The molecule has 4 N–H and O–H groups in total. The molecule has 156 valence electrons. The van der Waals surface area contributed by atoms with Gasteiger partial charge in [0.15, 0.2) is 0 Å². The molecule has 1 fully saturated rings. The summed E-state index contributed by atoms with van der Waals surface area (Å²) in [5.74, 6) is -0.890. The molecule has 1 aliphatic rings. The highest BCUT2D eigenvalue weighted by Crippen LogP contribution is 2.31. The maximum absolute atomic E-state index is 12.8. The fraction of sp³-hybridized carbons (Fsp3) is 0.300. The van der Waals surface area contributed by atoms with Gasteiger partial charge in [0, 0.05) is 16.9 Å². The Morgan fingerprint density at radius 1 is 0.931 bits per heavy atom. The third kappa shape index (κ3) is 5.48. The van der Waals surface area contributed by atoms with E-state index < -0.39 is 23.2 Å². The van der Waals surface area contributed by atoms with E-state index in [1.165, 1.54) is 24.3 Å². The van der Waals surface area contributed by atoms with Gasteiger partial charge >= 0.3 is 6.18 Å². The molecule has 0 heterocycles. The standard InChI is InChI=1S/C20H20F3N3O2.ClH/c21-20(22,23)14-6-4-8-16(12-14)25-17(27)13-5-3-7-15(11-13)26-18(28)19(24)9-1-2-10-19;/h3-8,11-12H,1-2,9-10,24H2,(H,25,27)(H,26,28);1H. The molecule has 5 nitrogen and oxygen atoms in total. The van der Waals surface area contributed by atoms with Crippen molar-refractivity contribution in [3.8, 4) is 0 Å². The van der Waals surface area contributed by atoms with Gasteiger partial charge in [0.25, 0.3) is 5.91 Å². The van der Waals surface area contributed by atoms with E-state index in [1.807, 2.05) is 0 Å². The molecule has 9 heteroatoms. The monoisotopic (exact) mass is 427 g/mol. The van der Waals surface area contributed by atoms with Gasteiger partial charge in [-0.05, 0) is 49.2 Å². The van der Waals surface area contributed by atoms with Crippen molar-refractivity contribution in [2.75, 3.05) is 10.6 Å². The van der Waals surface area contributed by atoms with Crippen LogP contribution < -0.4 is 16.4 Å². The summed E-state index contributed by atoms with van der Waals surface area (Å²) >= 11 is 0. The molecule has 2 amide bonds. The summed E-state index contributed by atoms with van der Waals surface area (Å²) in [5, 5.41) is 5.16. The predicted octanol–water partition coefficient (Wildman–Crippen LogP) is 4.59. The van der Waals surface area contributed by atoms with Crippen molar-refractivity contribution in [1.29, 1.82) is 0 Å². The maximum Gasteiger partial charge on any atom is 0.416 e. The Morgan fingerprint density at radius 3 is 2.14 bits per heavy atom. The Labute approximate surface area is 172 Å². The first-order chi connectivity index (χ1) is 13.2. The average Bonchev–Trinajstić information content (AvgIpc) is 3.09. The molecular formula is C20H21ClF3N3O2. The number of amides is 2. The Morgan fingerprint density at radius 2 is 1.52 bits per heavy atom. The highest BCUT2D eigenvalue weighted by atomic mass is 35.5. The zero-order chi connectivity index (χ0) is 20.4. The minimum Gasteiger partial charge on any atom is -0.324 e. The second-order valence-electron chi connectivity index (χ2n) is 6.93. The Hall–Kier alpha value is -2.58. The summed E-state index contributed by atoms with van der Waals surface area (Å²) in [4.78, 5) is 24.8. The lowest BCUT2D eigenvalue weighted by molar-refractivity contribution is -0.137. The number of nitrogens with two attached hydrogens (primary N) is 1. The van der Waals surface area contributed by atoms with Crippen molar-refractivity contribution < 1.29 is 22.8 Å². The van der Waals surface area contributed by atoms with E-state index in [2.05, 4.69) is 10.6 Å². The van der Waals surface area contributed by atoms with Gasteiger partial charge in [0.05, 0.1) is 11.1 Å². The topological polar surface area (TPSA) is 84.2 Å². The van der Waals surface area contributed by atoms with Crippen molar-refractivity contribution in [2.24, 2.45) is 5.73 Å². The van der Waals surface area contributed by atoms with Crippen molar-refractivity contribution in [3.63, 3.8) is 0 Å². The summed E-state index contributed by atoms with van der Waals surface area (Å²) in [6.07, 6.45) is -1.50. The van der Waals surface area contributed by atoms with Gasteiger partial charge in [0.2, 0.25) is 5.91 Å². The molecule has 0 saturated heterocycles. The molecule has 1 saturated carbocycles. The SMILES string of the molecule is Cl.NC1(C(=O)Nc2cccc(C(=O)Nc3cccc(C(F)(F)F)c3)c2)CCCC1. The zero-order valence-electron chi connectivity index (χ0n) is 15.4. The first-order valence-electron chi connectivity index (χ1n) is 8.86. The van der Waals surface area contributed by atoms with Gasteiger partial charge in [-0.3, -0.25) is 9.59 Å². The number of hydrogen-bond donors (Lipinski definition) is 3. The molecule has 29 heavy (non-hydrogen) atoms. The number of anilines is 2. The van der Waals surface area contributed by atoms with E-state index in [0.29, 0.717) is 18.5 Å². The summed E-state index contributed by atoms with van der Waals surface area (Å²) in [6.45, 7) is 0. The third-order valence-electron chi connectivity index (χ3n) is 4.78. The third-order valence-corrected chi connectivity index (χ3v) is 4.78. The van der Waals surface area contributed by atoms with Crippen LogP contribution in [0.3, 0.4) is 0 Å². The van der Waals surface area contributed by atoms with E-state index in [4.69, 9.17) is 5.73 Å². The smallest absolute Gasteiger partial charge is 0.324 e. The summed E-state index contributed by atoms with van der Waals surface area (Å²) in [5.41, 5.74) is 4.99. The van der Waals surface area contributed by atoms with Crippen LogP contribution in [0.4, 0.5) is 24.5 Å². The van der Waals surface area contributed by atoms with Gasteiger partial charge in [0.1, 0.15) is 0 Å². The van der Waals surface area contributed by atoms with Gasteiger partial charge in [-0.2, -0.15) is 13.2 Å². The van der Waals surface area contributed by atoms with Gasteiger partial charge in [-0.15, -0.1) is 12.4 Å². The normalized spacial score (nSPS) is 15.3. The Kier molecular flexibility index (Phi) is 6.92. The van der Waals surface area contributed by atoms with Crippen LogP contribution in [0.1, 0.15) is 41.6 Å². The molecule has 2 aromatic rings. The van der Waals surface area contributed by atoms with Crippen molar-refractivity contribution >= 4 is 35.6 Å². The molecule has 1 aliphatic carbocycles. The fourth-order valence-corrected chi connectivity index (χ4v) is 3.20. The van der Waals surface area contributed by atoms with Crippen molar-refractivity contribution in [3.05, 3.63) is 59.7 Å². The van der Waals surface area contributed by atoms with Crippen molar-refractivity contribution in [1.82, 2.24) is 0 Å². The van der Waals surface area contributed by atoms with Gasteiger partial charge in [-0.1, -0.05) is 25.0 Å². The molecule has 0 aliphatic heterocycles. The number of halogens is 4. The number of carbonyl (C=O) groups excluding carboxylic acids is 2. The Balaban J connectivity index is 0.00000300. The van der Waals surface area contributed by atoms with E-state index in [1.54, 1.807) is 12.1 Å². The van der Waals surface area contributed by atoms with Crippen molar-refractivity contribution in [2.45, 2.75) is 37.4 Å². The molecule has 0 unspecified atom stereocenters. The zero-order valence-corrected chi connectivity index (χ0v) is 16.2. The predicted molar refractivity (Wildman–Crippen MR) is 107 cm³/mol. The number of hydrogen-bond acceptors (Lipinski definition) is 3. The number of rotatable bonds is 4. The van der Waals surface area contributed by atoms with Crippen LogP contribution in [0.2, 0.25) is 0 Å². The lowest BCUT2D eigenvalue weighted by Gasteiger charge is -2.22.